The first kappa shape index (κ1) is 16.5. The number of fused-ring (bicyclic) bond motifs is 1. The Morgan fingerprint density at radius 1 is 1.54 bits per heavy atom. The van der Waals surface area contributed by atoms with Gasteiger partial charge in [-0.25, -0.2) is 9.97 Å². The highest BCUT2D eigenvalue weighted by atomic mass is 16.6. The molecule has 0 radical (unpaired) electrons. The van der Waals surface area contributed by atoms with Crippen molar-refractivity contribution in [1.29, 1.82) is 0 Å². The highest BCUT2D eigenvalue weighted by molar-refractivity contribution is 6.09. The van der Waals surface area contributed by atoms with E-state index in [1.54, 1.807) is 0 Å². The van der Waals surface area contributed by atoms with Crippen molar-refractivity contribution in [2.45, 2.75) is 31.0 Å². The van der Waals surface area contributed by atoms with Crippen molar-refractivity contribution in [2.24, 2.45) is 5.73 Å². The number of aliphatic hydroxyl groups is 3. The van der Waals surface area contributed by atoms with E-state index in [4.69, 9.17) is 10.5 Å². The summed E-state index contributed by atoms with van der Waals surface area (Å²) in [7, 11) is 0. The van der Waals surface area contributed by atoms with Crippen LogP contribution in [0.15, 0.2) is 12.5 Å². The molecular weight excluding hydrogens is 322 g/mol. The van der Waals surface area contributed by atoms with Crippen LogP contribution in [0, 0.1) is 0 Å². The molecule has 3 heterocycles. The largest absolute Gasteiger partial charge is 0.394 e. The van der Waals surface area contributed by atoms with Gasteiger partial charge in [-0.2, -0.15) is 0 Å². The molecule has 3 rings (SSSR count). The lowest BCUT2D eigenvalue weighted by atomic mass is 9.96. The maximum Gasteiger partial charge on any atom is 0.251 e. The number of carbonyl (C=O) groups excluding carboxylic acids is 1. The van der Waals surface area contributed by atoms with Gasteiger partial charge in [0.1, 0.15) is 29.8 Å². The minimum atomic E-state index is -1.77. The Morgan fingerprint density at radius 3 is 2.79 bits per heavy atom. The smallest absolute Gasteiger partial charge is 0.251 e. The molecule has 130 valence electrons. The Bertz CT molecular complexity index is 790. The quantitative estimate of drug-likeness (QED) is 0.356. The van der Waals surface area contributed by atoms with Gasteiger partial charge in [-0.3, -0.25) is 15.5 Å². The molecule has 0 spiro atoms. The highest BCUT2D eigenvalue weighted by Gasteiger charge is 2.53. The lowest BCUT2D eigenvalue weighted by Gasteiger charge is -2.27. The summed E-state index contributed by atoms with van der Waals surface area (Å²) in [5, 5.41) is 39.3. The number of rotatable bonds is 4. The van der Waals surface area contributed by atoms with E-state index in [1.807, 2.05) is 5.48 Å². The molecule has 1 aliphatic rings. The van der Waals surface area contributed by atoms with Crippen molar-refractivity contribution in [1.82, 2.24) is 14.5 Å². The molecule has 4 atom stereocenters. The maximum atomic E-state index is 11.7. The summed E-state index contributed by atoms with van der Waals surface area (Å²) in [5.74, 6) is -0.855. The SMILES string of the molecule is C[C@]1(O)C(n2cc(C(N)=O)c3c(NO)ncnc32)O[C@H](CO)[C@H]1O. The maximum absolute atomic E-state index is 11.7. The van der Waals surface area contributed by atoms with Crippen LogP contribution < -0.4 is 11.2 Å². The standard InChI is InChI=1S/C13H17N5O6/c1-13(22)8(20)6(3-19)24-12(13)18-2-5(9(14)21)7-10(17-23)15-4-16-11(7)18/h2,4,6,8,12,19-20,22-23H,3H2,1H3,(H2,14,21)(H,15,16,17)/t6-,8-,12?,13-/m1/s1. The second kappa shape index (κ2) is 5.65. The molecule has 2 aromatic rings. The fourth-order valence-electron chi connectivity index (χ4n) is 2.93. The van der Waals surface area contributed by atoms with Crippen LogP contribution in [0.25, 0.3) is 11.0 Å². The summed E-state index contributed by atoms with van der Waals surface area (Å²) in [6.07, 6.45) is -1.11. The number of amides is 1. The fourth-order valence-corrected chi connectivity index (χ4v) is 2.93. The summed E-state index contributed by atoms with van der Waals surface area (Å²) in [4.78, 5) is 19.6. The van der Waals surface area contributed by atoms with Crippen LogP contribution in [0.1, 0.15) is 23.5 Å². The molecule has 1 unspecified atom stereocenters. The number of nitrogens with two attached hydrogens (primary N) is 1. The molecule has 1 fully saturated rings. The number of aliphatic hydroxyl groups excluding tert-OH is 2. The minimum absolute atomic E-state index is 0.0107. The molecule has 0 aliphatic carbocycles. The second-order valence-electron chi connectivity index (χ2n) is 5.73. The van der Waals surface area contributed by atoms with E-state index in [0.29, 0.717) is 0 Å². The second-order valence-corrected chi connectivity index (χ2v) is 5.73. The van der Waals surface area contributed by atoms with Gasteiger partial charge in [-0.1, -0.05) is 0 Å². The zero-order valence-corrected chi connectivity index (χ0v) is 12.6. The van der Waals surface area contributed by atoms with Crippen molar-refractivity contribution >= 4 is 22.8 Å². The summed E-state index contributed by atoms with van der Waals surface area (Å²) < 4.78 is 6.82. The number of hydrogen-bond donors (Lipinski definition) is 6. The highest BCUT2D eigenvalue weighted by Crippen LogP contribution is 2.40. The zero-order valence-electron chi connectivity index (χ0n) is 12.6. The first-order valence-electron chi connectivity index (χ1n) is 7.05. The lowest BCUT2D eigenvalue weighted by molar-refractivity contribution is -0.0948. The number of hydrogen-bond acceptors (Lipinski definition) is 9. The monoisotopic (exact) mass is 339 g/mol. The molecule has 7 N–H and O–H groups in total. The van der Waals surface area contributed by atoms with Gasteiger partial charge in [0.25, 0.3) is 5.91 Å². The predicted octanol–water partition coefficient (Wildman–Crippen LogP) is -1.67. The van der Waals surface area contributed by atoms with E-state index in [1.165, 1.54) is 17.7 Å². The first-order chi connectivity index (χ1) is 11.3. The van der Waals surface area contributed by atoms with Gasteiger partial charge >= 0.3 is 0 Å². The van der Waals surface area contributed by atoms with Crippen molar-refractivity contribution < 1.29 is 30.1 Å². The number of carbonyl (C=O) groups is 1. The Hall–Kier alpha value is -2.31. The van der Waals surface area contributed by atoms with E-state index in [-0.39, 0.29) is 22.4 Å². The fraction of sp³-hybridized carbons (Fsp3) is 0.462. The molecule has 0 bridgehead atoms. The van der Waals surface area contributed by atoms with Crippen molar-refractivity contribution in [3.8, 4) is 0 Å². The molecule has 0 aromatic carbocycles. The van der Waals surface area contributed by atoms with E-state index in [2.05, 4.69) is 9.97 Å². The van der Waals surface area contributed by atoms with Gasteiger partial charge in [0.15, 0.2) is 12.0 Å². The summed E-state index contributed by atoms with van der Waals surface area (Å²) >= 11 is 0. The third kappa shape index (κ3) is 2.22. The Morgan fingerprint density at radius 2 is 2.25 bits per heavy atom. The van der Waals surface area contributed by atoms with Gasteiger partial charge in [0, 0.05) is 6.20 Å². The topological polar surface area (TPSA) is 176 Å². The van der Waals surface area contributed by atoms with E-state index in [9.17, 15) is 25.3 Å². The Balaban J connectivity index is 2.23. The van der Waals surface area contributed by atoms with Crippen LogP contribution in [-0.2, 0) is 4.74 Å². The number of nitrogens with zero attached hydrogens (tertiary/aromatic N) is 3. The molecule has 0 saturated carbocycles. The van der Waals surface area contributed by atoms with Gasteiger partial charge in [0.05, 0.1) is 17.6 Å². The van der Waals surface area contributed by atoms with Crippen LogP contribution in [0.5, 0.6) is 0 Å². The Kier molecular flexibility index (Phi) is 3.89. The molecule has 11 heteroatoms. The third-order valence-electron chi connectivity index (χ3n) is 4.17. The molecule has 1 amide bonds. The van der Waals surface area contributed by atoms with E-state index >= 15 is 0 Å². The summed E-state index contributed by atoms with van der Waals surface area (Å²) in [5.41, 5.74) is 5.57. The number of primary amides is 1. The molecular formula is C13H17N5O6. The van der Waals surface area contributed by atoms with Crippen LogP contribution >= 0.6 is 0 Å². The number of aromatic nitrogens is 3. The van der Waals surface area contributed by atoms with Gasteiger partial charge in [0.2, 0.25) is 0 Å². The van der Waals surface area contributed by atoms with Crippen LogP contribution in [-0.4, -0.2) is 65.4 Å². The van der Waals surface area contributed by atoms with Crippen LogP contribution in [0.2, 0.25) is 0 Å². The number of nitrogens with one attached hydrogen (secondary N) is 1. The molecule has 1 aliphatic heterocycles. The van der Waals surface area contributed by atoms with Gasteiger partial charge in [-0.15, -0.1) is 0 Å². The zero-order chi connectivity index (χ0) is 17.6. The average Bonchev–Trinajstić information content (AvgIpc) is 3.04. The summed E-state index contributed by atoms with van der Waals surface area (Å²) in [6, 6.07) is 0. The van der Waals surface area contributed by atoms with Crippen molar-refractivity contribution in [3.63, 3.8) is 0 Å². The average molecular weight is 339 g/mol. The lowest BCUT2D eigenvalue weighted by Crippen LogP contribution is -2.44. The van der Waals surface area contributed by atoms with Gasteiger partial charge in [-0.05, 0) is 6.92 Å². The molecule has 1 saturated heterocycles. The molecule has 11 nitrogen and oxygen atoms in total. The third-order valence-corrected chi connectivity index (χ3v) is 4.17. The number of ether oxygens (including phenoxy) is 1. The Labute approximate surface area is 135 Å². The van der Waals surface area contributed by atoms with E-state index in [0.717, 1.165) is 6.33 Å². The minimum Gasteiger partial charge on any atom is -0.394 e. The first-order valence-corrected chi connectivity index (χ1v) is 7.05. The molecule has 24 heavy (non-hydrogen) atoms. The van der Waals surface area contributed by atoms with Crippen molar-refractivity contribution in [2.75, 3.05) is 12.1 Å². The van der Waals surface area contributed by atoms with E-state index < -0.39 is 36.6 Å². The van der Waals surface area contributed by atoms with Crippen LogP contribution in [0.3, 0.4) is 0 Å². The molecule has 2 aromatic heterocycles. The summed E-state index contributed by atoms with van der Waals surface area (Å²) in [6.45, 7) is 0.828. The normalized spacial score (nSPS) is 30.0. The van der Waals surface area contributed by atoms with Gasteiger partial charge < -0.3 is 30.4 Å². The predicted molar refractivity (Wildman–Crippen MR) is 79.1 cm³/mol. The number of anilines is 1. The van der Waals surface area contributed by atoms with Crippen molar-refractivity contribution in [3.05, 3.63) is 18.1 Å². The van der Waals surface area contributed by atoms with Crippen LogP contribution in [0.4, 0.5) is 5.82 Å².